The number of piperidine rings is 1. The number of anilines is 1. The number of sulfonamides is 1. The van der Waals surface area contributed by atoms with Crippen molar-refractivity contribution in [3.63, 3.8) is 0 Å². The summed E-state index contributed by atoms with van der Waals surface area (Å²) in [5.41, 5.74) is 0.970. The van der Waals surface area contributed by atoms with Crippen LogP contribution in [0.25, 0.3) is 10.9 Å². The van der Waals surface area contributed by atoms with Gasteiger partial charge in [-0.25, -0.2) is 8.42 Å². The second kappa shape index (κ2) is 8.04. The van der Waals surface area contributed by atoms with E-state index < -0.39 is 15.9 Å². The number of nitrogens with zero attached hydrogens (tertiary/aromatic N) is 2. The molecule has 8 heteroatoms. The van der Waals surface area contributed by atoms with Gasteiger partial charge in [0.05, 0.1) is 16.0 Å². The van der Waals surface area contributed by atoms with E-state index in [9.17, 15) is 18.0 Å². The first-order valence-corrected chi connectivity index (χ1v) is 11.3. The Hall–Kier alpha value is -2.97. The van der Waals surface area contributed by atoms with E-state index in [1.165, 1.54) is 27.1 Å². The summed E-state index contributed by atoms with van der Waals surface area (Å²) in [5, 5.41) is 3.39. The van der Waals surface area contributed by atoms with Crippen molar-refractivity contribution in [1.82, 2.24) is 8.87 Å². The van der Waals surface area contributed by atoms with Crippen LogP contribution in [0.4, 0.5) is 5.69 Å². The highest BCUT2D eigenvalue weighted by molar-refractivity contribution is 7.89. The van der Waals surface area contributed by atoms with Gasteiger partial charge in [-0.2, -0.15) is 4.31 Å². The van der Waals surface area contributed by atoms with Crippen LogP contribution in [-0.2, 0) is 17.1 Å². The smallest absolute Gasteiger partial charge is 0.256 e. The molecule has 3 aromatic rings. The Morgan fingerprint density at radius 1 is 0.967 bits per heavy atom. The Kier molecular flexibility index (Phi) is 5.44. The highest BCUT2D eigenvalue weighted by Crippen LogP contribution is 2.24. The zero-order chi connectivity index (χ0) is 21.3. The van der Waals surface area contributed by atoms with Crippen molar-refractivity contribution in [2.75, 3.05) is 18.4 Å². The van der Waals surface area contributed by atoms with Gasteiger partial charge in [0.2, 0.25) is 10.0 Å². The highest BCUT2D eigenvalue weighted by atomic mass is 32.2. The first-order valence-electron chi connectivity index (χ1n) is 9.88. The lowest BCUT2D eigenvalue weighted by atomic mass is 10.1. The molecule has 156 valence electrons. The van der Waals surface area contributed by atoms with Gasteiger partial charge in [-0.05, 0) is 37.1 Å². The molecule has 1 amide bonds. The number of pyridine rings is 1. The number of aromatic nitrogens is 1. The Balaban J connectivity index is 1.65. The van der Waals surface area contributed by atoms with Crippen molar-refractivity contribution in [2.24, 2.45) is 7.05 Å². The van der Waals surface area contributed by atoms with Gasteiger partial charge in [0.1, 0.15) is 0 Å². The van der Waals surface area contributed by atoms with Crippen molar-refractivity contribution in [1.29, 1.82) is 0 Å². The molecule has 2 heterocycles. The van der Waals surface area contributed by atoms with Gasteiger partial charge in [0.25, 0.3) is 11.5 Å². The monoisotopic (exact) mass is 425 g/mol. The van der Waals surface area contributed by atoms with E-state index in [-0.39, 0.29) is 16.0 Å². The predicted molar refractivity (Wildman–Crippen MR) is 116 cm³/mol. The molecule has 0 bridgehead atoms. The number of hydrogen-bond acceptors (Lipinski definition) is 4. The molecule has 1 aromatic heterocycles. The van der Waals surface area contributed by atoms with E-state index in [0.29, 0.717) is 29.7 Å². The van der Waals surface area contributed by atoms with E-state index in [4.69, 9.17) is 0 Å². The van der Waals surface area contributed by atoms with Crippen LogP contribution in [0.1, 0.15) is 29.6 Å². The number of fused-ring (bicyclic) bond motifs is 1. The van der Waals surface area contributed by atoms with Crippen LogP contribution in [0, 0.1) is 0 Å². The molecule has 4 rings (SSSR count). The zero-order valence-electron chi connectivity index (χ0n) is 16.7. The Bertz CT molecular complexity index is 1280. The quantitative estimate of drug-likeness (QED) is 0.696. The zero-order valence-corrected chi connectivity index (χ0v) is 17.5. The molecule has 0 aliphatic carbocycles. The fourth-order valence-corrected chi connectivity index (χ4v) is 5.35. The van der Waals surface area contributed by atoms with E-state index >= 15 is 0 Å². The molecule has 0 unspecified atom stereocenters. The van der Waals surface area contributed by atoms with Crippen LogP contribution >= 0.6 is 0 Å². The van der Waals surface area contributed by atoms with Crippen molar-refractivity contribution in [3.05, 3.63) is 70.5 Å². The third-order valence-corrected chi connectivity index (χ3v) is 7.34. The van der Waals surface area contributed by atoms with Gasteiger partial charge < -0.3 is 9.88 Å². The molecule has 0 spiro atoms. The van der Waals surface area contributed by atoms with Crippen LogP contribution in [0.2, 0.25) is 0 Å². The minimum Gasteiger partial charge on any atom is -0.322 e. The second-order valence-corrected chi connectivity index (χ2v) is 9.36. The first kappa shape index (κ1) is 20.3. The summed E-state index contributed by atoms with van der Waals surface area (Å²) in [7, 11) is -1.95. The van der Waals surface area contributed by atoms with Crippen LogP contribution < -0.4 is 10.9 Å². The first-order chi connectivity index (χ1) is 14.4. The molecular weight excluding hydrogens is 402 g/mol. The van der Waals surface area contributed by atoms with Gasteiger partial charge >= 0.3 is 0 Å². The maximum absolute atomic E-state index is 12.9. The lowest BCUT2D eigenvalue weighted by Gasteiger charge is -2.26. The SMILES string of the molecule is Cn1c(=O)cc(C(=O)Nc2cccc(S(=O)(=O)N3CCCCC3)c2)c2ccccc21. The van der Waals surface area contributed by atoms with Gasteiger partial charge in [-0.15, -0.1) is 0 Å². The van der Waals surface area contributed by atoms with Gasteiger partial charge in [-0.1, -0.05) is 30.7 Å². The number of benzene rings is 2. The molecule has 1 N–H and O–H groups in total. The molecule has 1 aliphatic heterocycles. The molecule has 1 fully saturated rings. The fourth-order valence-electron chi connectivity index (χ4n) is 3.79. The lowest BCUT2D eigenvalue weighted by molar-refractivity contribution is 0.102. The molecule has 7 nitrogen and oxygen atoms in total. The summed E-state index contributed by atoms with van der Waals surface area (Å²) in [6, 6.07) is 14.7. The van der Waals surface area contributed by atoms with Gasteiger partial charge in [-0.3, -0.25) is 9.59 Å². The van der Waals surface area contributed by atoms with Crippen LogP contribution in [0.15, 0.2) is 64.3 Å². The van der Waals surface area contributed by atoms with Crippen molar-refractivity contribution in [3.8, 4) is 0 Å². The molecule has 1 saturated heterocycles. The fraction of sp³-hybridized carbons (Fsp3) is 0.273. The lowest BCUT2D eigenvalue weighted by Crippen LogP contribution is -2.35. The number of hydrogen-bond donors (Lipinski definition) is 1. The maximum Gasteiger partial charge on any atom is 0.256 e. The van der Waals surface area contributed by atoms with Crippen molar-refractivity contribution < 1.29 is 13.2 Å². The normalized spacial score (nSPS) is 15.2. The van der Waals surface area contributed by atoms with E-state index in [1.807, 2.05) is 0 Å². The van der Waals surface area contributed by atoms with E-state index in [2.05, 4.69) is 5.32 Å². The minimum absolute atomic E-state index is 0.149. The topological polar surface area (TPSA) is 88.5 Å². The second-order valence-electron chi connectivity index (χ2n) is 7.42. The molecule has 30 heavy (non-hydrogen) atoms. The van der Waals surface area contributed by atoms with E-state index in [1.54, 1.807) is 43.4 Å². The summed E-state index contributed by atoms with van der Waals surface area (Å²) in [4.78, 5) is 25.4. The average molecular weight is 426 g/mol. The minimum atomic E-state index is -3.60. The number of amides is 1. The highest BCUT2D eigenvalue weighted by Gasteiger charge is 2.26. The number of rotatable bonds is 4. The molecular formula is C22H23N3O4S. The molecule has 0 saturated carbocycles. The van der Waals surface area contributed by atoms with Crippen molar-refractivity contribution >= 4 is 32.5 Å². The van der Waals surface area contributed by atoms with Crippen LogP contribution in [0.3, 0.4) is 0 Å². The number of aryl methyl sites for hydroxylation is 1. The molecule has 0 atom stereocenters. The summed E-state index contributed by atoms with van der Waals surface area (Å²) in [6.45, 7) is 1.02. The van der Waals surface area contributed by atoms with Crippen LogP contribution in [0.5, 0.6) is 0 Å². The average Bonchev–Trinajstić information content (AvgIpc) is 2.77. The Labute approximate surface area is 175 Å². The third kappa shape index (κ3) is 3.76. The summed E-state index contributed by atoms with van der Waals surface area (Å²) in [5.74, 6) is -0.462. The number of carbonyl (C=O) groups is 1. The Morgan fingerprint density at radius 2 is 1.70 bits per heavy atom. The standard InChI is InChI=1S/C22H23N3O4S/c1-24-20-11-4-3-10-18(20)19(15-21(24)26)22(27)23-16-8-7-9-17(14-16)30(28,29)25-12-5-2-6-13-25/h3-4,7-11,14-15H,2,5-6,12-13H2,1H3,(H,23,27). The van der Waals surface area contributed by atoms with Crippen LogP contribution in [-0.4, -0.2) is 36.3 Å². The van der Waals surface area contributed by atoms with Crippen molar-refractivity contribution in [2.45, 2.75) is 24.2 Å². The largest absolute Gasteiger partial charge is 0.322 e. The summed E-state index contributed by atoms with van der Waals surface area (Å²) < 4.78 is 28.8. The Morgan fingerprint density at radius 3 is 2.47 bits per heavy atom. The summed E-state index contributed by atoms with van der Waals surface area (Å²) >= 11 is 0. The predicted octanol–water partition coefficient (Wildman–Crippen LogP) is 2.97. The molecule has 0 radical (unpaired) electrons. The number of nitrogens with one attached hydrogen (secondary N) is 1. The molecule has 1 aliphatic rings. The number of carbonyl (C=O) groups excluding carboxylic acids is 1. The molecule has 2 aromatic carbocycles. The van der Waals surface area contributed by atoms with Gasteiger partial charge in [0, 0.05) is 37.3 Å². The number of para-hydroxylation sites is 1. The summed E-state index contributed by atoms with van der Waals surface area (Å²) in [6.07, 6.45) is 2.74. The van der Waals surface area contributed by atoms with Gasteiger partial charge in [0.15, 0.2) is 0 Å². The third-order valence-electron chi connectivity index (χ3n) is 5.44. The maximum atomic E-state index is 12.9. The van der Waals surface area contributed by atoms with E-state index in [0.717, 1.165) is 19.3 Å².